The van der Waals surface area contributed by atoms with E-state index >= 15 is 0 Å². The molecule has 2 aromatic heterocycles. The Kier molecular flexibility index (Phi) is 5.29. The van der Waals surface area contributed by atoms with E-state index in [1.807, 2.05) is 32.2 Å². The molecule has 0 aliphatic heterocycles. The molecule has 4 heteroatoms. The molecule has 0 unspecified atom stereocenters. The molecule has 0 aliphatic rings. The summed E-state index contributed by atoms with van der Waals surface area (Å²) in [5.74, 6) is -0.173. The molecule has 0 saturated carbocycles. The SMILES string of the molecule is CCOC(=O)Cc1csc2cc(/C=C\c3ccc(C)nc3C)ccc12. The fourth-order valence-corrected chi connectivity index (χ4v) is 3.78. The summed E-state index contributed by atoms with van der Waals surface area (Å²) >= 11 is 1.66. The van der Waals surface area contributed by atoms with Crippen LogP contribution >= 0.6 is 11.3 Å². The van der Waals surface area contributed by atoms with E-state index in [2.05, 4.69) is 41.4 Å². The Balaban J connectivity index is 1.82. The third kappa shape index (κ3) is 4.15. The number of aryl methyl sites for hydroxylation is 2. The quantitative estimate of drug-likeness (QED) is 0.594. The van der Waals surface area contributed by atoms with Crippen LogP contribution in [-0.4, -0.2) is 17.6 Å². The third-order valence-corrected chi connectivity index (χ3v) is 5.04. The van der Waals surface area contributed by atoms with Crippen LogP contribution in [0.15, 0.2) is 35.7 Å². The molecule has 0 amide bonds. The number of ether oxygens (including phenoxy) is 1. The summed E-state index contributed by atoms with van der Waals surface area (Å²) in [6.07, 6.45) is 4.52. The number of carbonyl (C=O) groups is 1. The van der Waals surface area contributed by atoms with Crippen LogP contribution in [0.3, 0.4) is 0 Å². The van der Waals surface area contributed by atoms with Gasteiger partial charge in [-0.3, -0.25) is 9.78 Å². The number of benzene rings is 1. The van der Waals surface area contributed by atoms with Crippen LogP contribution < -0.4 is 0 Å². The van der Waals surface area contributed by atoms with Gasteiger partial charge < -0.3 is 4.74 Å². The Morgan fingerprint density at radius 3 is 2.80 bits per heavy atom. The van der Waals surface area contributed by atoms with E-state index < -0.39 is 0 Å². The van der Waals surface area contributed by atoms with Gasteiger partial charge in [0.15, 0.2) is 0 Å². The molecule has 3 aromatic rings. The maximum absolute atomic E-state index is 11.7. The van der Waals surface area contributed by atoms with Crippen LogP contribution in [0.5, 0.6) is 0 Å². The number of fused-ring (bicyclic) bond motifs is 1. The van der Waals surface area contributed by atoms with Crippen molar-refractivity contribution in [1.29, 1.82) is 0 Å². The fourth-order valence-electron chi connectivity index (χ4n) is 2.77. The van der Waals surface area contributed by atoms with Crippen molar-refractivity contribution < 1.29 is 9.53 Å². The predicted molar refractivity (Wildman–Crippen MR) is 105 cm³/mol. The number of carbonyl (C=O) groups excluding carboxylic acids is 1. The van der Waals surface area contributed by atoms with Crippen LogP contribution in [0.2, 0.25) is 0 Å². The average molecular weight is 351 g/mol. The highest BCUT2D eigenvalue weighted by Gasteiger charge is 2.09. The first-order valence-electron chi connectivity index (χ1n) is 8.35. The lowest BCUT2D eigenvalue weighted by molar-refractivity contribution is -0.142. The van der Waals surface area contributed by atoms with Gasteiger partial charge in [0.25, 0.3) is 0 Å². The highest BCUT2D eigenvalue weighted by Crippen LogP contribution is 2.28. The lowest BCUT2D eigenvalue weighted by Gasteiger charge is -2.02. The molecule has 0 bridgehead atoms. The van der Waals surface area contributed by atoms with Gasteiger partial charge in [-0.2, -0.15) is 0 Å². The number of hydrogen-bond donors (Lipinski definition) is 0. The monoisotopic (exact) mass is 351 g/mol. The van der Waals surface area contributed by atoms with Gasteiger partial charge in [0.2, 0.25) is 0 Å². The first-order valence-corrected chi connectivity index (χ1v) is 9.23. The Labute approximate surface area is 152 Å². The number of nitrogens with zero attached hydrogens (tertiary/aromatic N) is 1. The summed E-state index contributed by atoms with van der Waals surface area (Å²) < 4.78 is 6.22. The fraction of sp³-hybridized carbons (Fsp3) is 0.238. The summed E-state index contributed by atoms with van der Waals surface area (Å²) in [5, 5.41) is 3.17. The van der Waals surface area contributed by atoms with Crippen molar-refractivity contribution in [3.8, 4) is 0 Å². The molecule has 0 fully saturated rings. The zero-order valence-corrected chi connectivity index (χ0v) is 15.5. The highest BCUT2D eigenvalue weighted by atomic mass is 32.1. The molecule has 1 aromatic carbocycles. The molecule has 2 heterocycles. The highest BCUT2D eigenvalue weighted by molar-refractivity contribution is 7.17. The van der Waals surface area contributed by atoms with Gasteiger partial charge in [0, 0.05) is 16.1 Å². The predicted octanol–water partition coefficient (Wildman–Crippen LogP) is 5.19. The number of esters is 1. The molecule has 128 valence electrons. The summed E-state index contributed by atoms with van der Waals surface area (Å²) in [5.41, 5.74) is 5.36. The minimum Gasteiger partial charge on any atom is -0.466 e. The van der Waals surface area contributed by atoms with E-state index in [0.717, 1.165) is 33.5 Å². The van der Waals surface area contributed by atoms with Gasteiger partial charge in [0.1, 0.15) is 0 Å². The molecule has 0 saturated heterocycles. The first-order chi connectivity index (χ1) is 12.1. The average Bonchev–Trinajstić information content (AvgIpc) is 2.96. The summed E-state index contributed by atoms with van der Waals surface area (Å²) in [7, 11) is 0. The number of rotatable bonds is 5. The molecular weight excluding hydrogens is 330 g/mol. The van der Waals surface area contributed by atoms with Crippen LogP contribution in [0.1, 0.15) is 35.0 Å². The van der Waals surface area contributed by atoms with Crippen molar-refractivity contribution in [1.82, 2.24) is 4.98 Å². The van der Waals surface area contributed by atoms with Crippen molar-refractivity contribution in [2.75, 3.05) is 6.61 Å². The van der Waals surface area contributed by atoms with E-state index in [1.165, 1.54) is 4.70 Å². The molecule has 0 radical (unpaired) electrons. The van der Waals surface area contributed by atoms with Gasteiger partial charge in [-0.05, 0) is 60.4 Å². The van der Waals surface area contributed by atoms with Crippen molar-refractivity contribution in [2.45, 2.75) is 27.2 Å². The van der Waals surface area contributed by atoms with E-state index in [4.69, 9.17) is 4.74 Å². The Morgan fingerprint density at radius 2 is 2.04 bits per heavy atom. The molecule has 3 nitrogen and oxygen atoms in total. The molecular formula is C21H21NO2S. The topological polar surface area (TPSA) is 39.2 Å². The maximum Gasteiger partial charge on any atom is 0.310 e. The van der Waals surface area contributed by atoms with Gasteiger partial charge >= 0.3 is 5.97 Å². The molecule has 0 N–H and O–H groups in total. The second-order valence-electron chi connectivity index (χ2n) is 5.96. The van der Waals surface area contributed by atoms with E-state index in [0.29, 0.717) is 13.0 Å². The van der Waals surface area contributed by atoms with Crippen molar-refractivity contribution in [2.24, 2.45) is 0 Å². The van der Waals surface area contributed by atoms with E-state index in [1.54, 1.807) is 11.3 Å². The van der Waals surface area contributed by atoms with Gasteiger partial charge in [-0.15, -0.1) is 11.3 Å². The largest absolute Gasteiger partial charge is 0.466 e. The summed E-state index contributed by atoms with van der Waals surface area (Å²) in [6.45, 7) is 6.27. The second kappa shape index (κ2) is 7.62. The number of pyridine rings is 1. The zero-order chi connectivity index (χ0) is 17.8. The standard InChI is InChI=1S/C21H21NO2S/c1-4-24-21(23)12-18-13-25-20-11-16(7-10-19(18)20)6-9-17-8-5-14(2)22-15(17)3/h5-11,13H,4,12H2,1-3H3/b9-6-. The van der Waals surface area contributed by atoms with Gasteiger partial charge in [0.05, 0.1) is 13.0 Å². The smallest absolute Gasteiger partial charge is 0.310 e. The van der Waals surface area contributed by atoms with Gasteiger partial charge in [-0.1, -0.05) is 30.4 Å². The van der Waals surface area contributed by atoms with Crippen LogP contribution in [0.4, 0.5) is 0 Å². The van der Waals surface area contributed by atoms with E-state index in [9.17, 15) is 4.79 Å². The van der Waals surface area contributed by atoms with Crippen LogP contribution in [0.25, 0.3) is 22.2 Å². The molecule has 0 spiro atoms. The third-order valence-electron chi connectivity index (χ3n) is 4.04. The molecule has 3 rings (SSSR count). The maximum atomic E-state index is 11.7. The minimum atomic E-state index is -0.173. The van der Waals surface area contributed by atoms with E-state index in [-0.39, 0.29) is 5.97 Å². The summed E-state index contributed by atoms with van der Waals surface area (Å²) in [6, 6.07) is 10.4. The molecule has 0 atom stereocenters. The van der Waals surface area contributed by atoms with Crippen molar-refractivity contribution in [3.63, 3.8) is 0 Å². The number of thiophene rings is 1. The molecule has 0 aliphatic carbocycles. The summed E-state index contributed by atoms with van der Waals surface area (Å²) in [4.78, 5) is 16.2. The van der Waals surface area contributed by atoms with Gasteiger partial charge in [-0.25, -0.2) is 0 Å². The minimum absolute atomic E-state index is 0.173. The van der Waals surface area contributed by atoms with Crippen molar-refractivity contribution in [3.05, 3.63) is 63.8 Å². The lowest BCUT2D eigenvalue weighted by Crippen LogP contribution is -2.06. The second-order valence-corrected chi connectivity index (χ2v) is 6.87. The van der Waals surface area contributed by atoms with Crippen LogP contribution in [0, 0.1) is 13.8 Å². The van der Waals surface area contributed by atoms with Crippen LogP contribution in [-0.2, 0) is 16.0 Å². The zero-order valence-electron chi connectivity index (χ0n) is 14.7. The lowest BCUT2D eigenvalue weighted by atomic mass is 10.1. The molecule has 25 heavy (non-hydrogen) atoms. The normalized spacial score (nSPS) is 11.3. The Bertz CT molecular complexity index is 940. The Hall–Kier alpha value is -2.46. The van der Waals surface area contributed by atoms with Crippen molar-refractivity contribution >= 4 is 39.5 Å². The Morgan fingerprint density at radius 1 is 1.20 bits per heavy atom. The first kappa shape index (κ1) is 17.4. The number of aromatic nitrogens is 1. The number of hydrogen-bond acceptors (Lipinski definition) is 4.